The lowest BCUT2D eigenvalue weighted by Gasteiger charge is -2.18. The first kappa shape index (κ1) is 18.4. The van der Waals surface area contributed by atoms with E-state index in [4.69, 9.17) is 0 Å². The van der Waals surface area contributed by atoms with E-state index in [-0.39, 0.29) is 5.69 Å². The van der Waals surface area contributed by atoms with Gasteiger partial charge in [0.1, 0.15) is 6.54 Å². The van der Waals surface area contributed by atoms with E-state index >= 15 is 0 Å². The number of urea groups is 1. The van der Waals surface area contributed by atoms with Crippen LogP contribution in [0.25, 0.3) is 0 Å². The minimum Gasteiger partial charge on any atom is -0.325 e. The van der Waals surface area contributed by atoms with Crippen molar-refractivity contribution in [3.63, 3.8) is 0 Å². The molecule has 0 bridgehead atoms. The summed E-state index contributed by atoms with van der Waals surface area (Å²) < 4.78 is 37.9. The van der Waals surface area contributed by atoms with Crippen molar-refractivity contribution in [2.24, 2.45) is 0 Å². The lowest BCUT2D eigenvalue weighted by Crippen LogP contribution is -2.40. The fourth-order valence-corrected chi connectivity index (χ4v) is 2.23. The zero-order valence-corrected chi connectivity index (χ0v) is 13.3. The lowest BCUT2D eigenvalue weighted by atomic mass is 10.2. The Hall–Kier alpha value is -2.91. The summed E-state index contributed by atoms with van der Waals surface area (Å²) in [6.45, 7) is 2.27. The maximum absolute atomic E-state index is 12.6. The zero-order chi connectivity index (χ0) is 18.9. The molecular weight excluding hydrogens is 343 g/mol. The van der Waals surface area contributed by atoms with Gasteiger partial charge in [-0.05, 0) is 32.0 Å². The molecule has 1 aromatic carbocycles. The number of hydrogen-bond donors (Lipinski definition) is 1. The average molecular weight is 357 g/mol. The second-order valence-corrected chi connectivity index (χ2v) is 5.57. The molecule has 1 fully saturated rings. The number of halogens is 3. The van der Waals surface area contributed by atoms with Crippen molar-refractivity contribution in [2.75, 3.05) is 11.9 Å². The minimum absolute atomic E-state index is 0.147. The fraction of sp³-hybridized carbons (Fsp3) is 0.333. The number of carbonyl (C=O) groups is 4. The SMILES string of the molecule is CC(C)N1C(=O)C(=O)N(CC(=O)Nc2cccc(C(F)(F)F)c2)C1=O. The van der Waals surface area contributed by atoms with Gasteiger partial charge in [0.2, 0.25) is 5.91 Å². The average Bonchev–Trinajstić information content (AvgIpc) is 2.70. The van der Waals surface area contributed by atoms with Crippen molar-refractivity contribution in [1.29, 1.82) is 0 Å². The Morgan fingerprint density at radius 1 is 1.16 bits per heavy atom. The molecule has 25 heavy (non-hydrogen) atoms. The standard InChI is InChI=1S/C15H14F3N3O4/c1-8(2)21-13(24)12(23)20(14(21)25)7-11(22)19-10-5-3-4-9(6-10)15(16,17)18/h3-6,8H,7H2,1-2H3,(H,19,22). The summed E-state index contributed by atoms with van der Waals surface area (Å²) in [4.78, 5) is 48.6. The Morgan fingerprint density at radius 3 is 2.32 bits per heavy atom. The molecule has 0 unspecified atom stereocenters. The molecule has 1 heterocycles. The van der Waals surface area contributed by atoms with Crippen LogP contribution in [0.5, 0.6) is 0 Å². The Morgan fingerprint density at radius 2 is 1.80 bits per heavy atom. The lowest BCUT2D eigenvalue weighted by molar-refractivity contribution is -0.144. The van der Waals surface area contributed by atoms with Gasteiger partial charge in [-0.1, -0.05) is 6.07 Å². The molecule has 5 amide bonds. The van der Waals surface area contributed by atoms with Gasteiger partial charge in [-0.2, -0.15) is 13.2 Å². The van der Waals surface area contributed by atoms with Crippen molar-refractivity contribution in [1.82, 2.24) is 9.80 Å². The van der Waals surface area contributed by atoms with Crippen molar-refractivity contribution < 1.29 is 32.3 Å². The molecule has 134 valence electrons. The number of nitrogens with one attached hydrogen (secondary N) is 1. The Labute approximate surface area is 140 Å². The molecule has 0 atom stereocenters. The Bertz CT molecular complexity index is 746. The van der Waals surface area contributed by atoms with E-state index in [9.17, 15) is 32.3 Å². The van der Waals surface area contributed by atoms with E-state index in [1.54, 1.807) is 0 Å². The summed E-state index contributed by atoms with van der Waals surface area (Å²) in [5.74, 6) is -3.11. The molecule has 1 N–H and O–H groups in total. The van der Waals surface area contributed by atoms with Crippen LogP contribution in [0.4, 0.5) is 23.7 Å². The predicted molar refractivity (Wildman–Crippen MR) is 79.2 cm³/mol. The van der Waals surface area contributed by atoms with E-state index in [1.807, 2.05) is 0 Å². The first-order valence-corrected chi connectivity index (χ1v) is 7.18. The number of carbonyl (C=O) groups excluding carboxylic acids is 4. The highest BCUT2D eigenvalue weighted by molar-refractivity contribution is 6.45. The predicted octanol–water partition coefficient (Wildman–Crippen LogP) is 1.84. The third-order valence-electron chi connectivity index (χ3n) is 3.38. The monoisotopic (exact) mass is 357 g/mol. The number of amides is 5. The van der Waals surface area contributed by atoms with Crippen molar-refractivity contribution in [3.8, 4) is 0 Å². The molecular formula is C15H14F3N3O4. The summed E-state index contributed by atoms with van der Waals surface area (Å²) >= 11 is 0. The minimum atomic E-state index is -4.58. The number of benzene rings is 1. The summed E-state index contributed by atoms with van der Waals surface area (Å²) in [5.41, 5.74) is -1.11. The molecule has 0 saturated carbocycles. The van der Waals surface area contributed by atoms with Gasteiger partial charge in [0, 0.05) is 11.7 Å². The van der Waals surface area contributed by atoms with Crippen LogP contribution in [0.2, 0.25) is 0 Å². The van der Waals surface area contributed by atoms with E-state index in [2.05, 4.69) is 5.32 Å². The normalized spacial score (nSPS) is 15.4. The van der Waals surface area contributed by atoms with E-state index < -0.39 is 48.1 Å². The van der Waals surface area contributed by atoms with Crippen LogP contribution in [0, 0.1) is 0 Å². The first-order valence-electron chi connectivity index (χ1n) is 7.18. The molecule has 0 aliphatic carbocycles. The molecule has 7 nitrogen and oxygen atoms in total. The molecule has 1 saturated heterocycles. The van der Waals surface area contributed by atoms with Crippen LogP contribution >= 0.6 is 0 Å². The summed E-state index contributed by atoms with van der Waals surface area (Å²) in [7, 11) is 0. The quantitative estimate of drug-likeness (QED) is 0.658. The Balaban J connectivity index is 2.10. The van der Waals surface area contributed by atoms with Crippen molar-refractivity contribution in [3.05, 3.63) is 29.8 Å². The number of imide groups is 2. The van der Waals surface area contributed by atoms with Crippen molar-refractivity contribution >= 4 is 29.4 Å². The van der Waals surface area contributed by atoms with Crippen LogP contribution in [-0.4, -0.2) is 46.1 Å². The smallest absolute Gasteiger partial charge is 0.325 e. The van der Waals surface area contributed by atoms with Crippen molar-refractivity contribution in [2.45, 2.75) is 26.1 Å². The van der Waals surface area contributed by atoms with Crippen LogP contribution in [0.15, 0.2) is 24.3 Å². The number of rotatable bonds is 4. The number of nitrogens with zero attached hydrogens (tertiary/aromatic N) is 2. The second-order valence-electron chi connectivity index (χ2n) is 5.57. The summed E-state index contributed by atoms with van der Waals surface area (Å²) in [5, 5.41) is 2.17. The van der Waals surface area contributed by atoms with Gasteiger partial charge in [-0.3, -0.25) is 19.3 Å². The van der Waals surface area contributed by atoms with Gasteiger partial charge in [-0.15, -0.1) is 0 Å². The molecule has 0 aromatic heterocycles. The van der Waals surface area contributed by atoms with Crippen LogP contribution in [0.3, 0.4) is 0 Å². The largest absolute Gasteiger partial charge is 0.416 e. The van der Waals surface area contributed by atoms with Crippen LogP contribution in [-0.2, 0) is 20.6 Å². The zero-order valence-electron chi connectivity index (χ0n) is 13.3. The highest BCUT2D eigenvalue weighted by Crippen LogP contribution is 2.30. The number of alkyl halides is 3. The Kier molecular flexibility index (Phi) is 4.82. The van der Waals surface area contributed by atoms with E-state index in [0.29, 0.717) is 9.80 Å². The highest BCUT2D eigenvalue weighted by Gasteiger charge is 2.46. The molecule has 1 aromatic rings. The summed E-state index contributed by atoms with van der Waals surface area (Å²) in [6.07, 6.45) is -4.58. The maximum Gasteiger partial charge on any atom is 0.416 e. The maximum atomic E-state index is 12.6. The van der Waals surface area contributed by atoms with Crippen LogP contribution in [0.1, 0.15) is 19.4 Å². The molecule has 2 rings (SSSR count). The van der Waals surface area contributed by atoms with Gasteiger partial charge in [-0.25, -0.2) is 9.69 Å². The topological polar surface area (TPSA) is 86.8 Å². The number of anilines is 1. The molecule has 0 spiro atoms. The van der Waals surface area contributed by atoms with E-state index in [1.165, 1.54) is 19.9 Å². The van der Waals surface area contributed by atoms with Gasteiger partial charge < -0.3 is 5.32 Å². The van der Waals surface area contributed by atoms with Crippen LogP contribution < -0.4 is 5.32 Å². The van der Waals surface area contributed by atoms with Gasteiger partial charge in [0.25, 0.3) is 0 Å². The molecule has 1 aliphatic heterocycles. The van der Waals surface area contributed by atoms with Gasteiger partial charge in [0.05, 0.1) is 5.56 Å². The molecule has 0 radical (unpaired) electrons. The summed E-state index contributed by atoms with van der Waals surface area (Å²) in [6, 6.07) is 2.38. The molecule has 1 aliphatic rings. The highest BCUT2D eigenvalue weighted by atomic mass is 19.4. The third kappa shape index (κ3) is 3.78. The number of hydrogen-bond acceptors (Lipinski definition) is 4. The third-order valence-corrected chi connectivity index (χ3v) is 3.38. The molecule has 10 heteroatoms. The van der Waals surface area contributed by atoms with Gasteiger partial charge >= 0.3 is 24.0 Å². The fourth-order valence-electron chi connectivity index (χ4n) is 2.23. The van der Waals surface area contributed by atoms with Gasteiger partial charge in [0.15, 0.2) is 0 Å². The van der Waals surface area contributed by atoms with E-state index in [0.717, 1.165) is 18.2 Å². The first-order chi connectivity index (χ1) is 11.5. The second kappa shape index (κ2) is 6.54.